The Morgan fingerprint density at radius 2 is 1.37 bits per heavy atom. The summed E-state index contributed by atoms with van der Waals surface area (Å²) >= 11 is 4.22. The molecule has 0 saturated heterocycles. The maximum absolute atomic E-state index is 11.0. The molecule has 0 aromatic heterocycles. The highest BCUT2D eigenvalue weighted by Gasteiger charge is 2.15. The van der Waals surface area contributed by atoms with Gasteiger partial charge in [-0.05, 0) is 0 Å². The fourth-order valence-electron chi connectivity index (χ4n) is 2.14. The van der Waals surface area contributed by atoms with E-state index >= 15 is 0 Å². The number of hydrogen-bond acceptors (Lipinski definition) is 11. The lowest BCUT2D eigenvalue weighted by atomic mass is 10.4. The van der Waals surface area contributed by atoms with E-state index in [9.17, 15) is 19.2 Å². The van der Waals surface area contributed by atoms with E-state index in [4.69, 9.17) is 18.9 Å². The van der Waals surface area contributed by atoms with Crippen molar-refractivity contribution in [3.05, 3.63) is 0 Å². The predicted octanol–water partition coefficient (Wildman–Crippen LogP) is -0.681. The van der Waals surface area contributed by atoms with Gasteiger partial charge in [0, 0.05) is 53.1 Å². The summed E-state index contributed by atoms with van der Waals surface area (Å²) in [5.74, 6) is -0.806. The first-order valence-corrected chi connectivity index (χ1v) is 8.94. The summed E-state index contributed by atoms with van der Waals surface area (Å²) in [5.41, 5.74) is -0.619. The number of ether oxygens (including phenoxy) is 4. The molecule has 0 aliphatic heterocycles. The molecule has 0 N–H and O–H groups in total. The van der Waals surface area contributed by atoms with Crippen LogP contribution in [0.1, 0.15) is 13.8 Å². The van der Waals surface area contributed by atoms with Gasteiger partial charge in [0.2, 0.25) is 0 Å². The molecule has 0 radical (unpaired) electrons. The molecule has 0 aromatic carbocycles. The van der Waals surface area contributed by atoms with Gasteiger partial charge < -0.3 is 18.9 Å². The maximum atomic E-state index is 11.0. The Kier molecular flexibility index (Phi) is 15.2. The highest BCUT2D eigenvalue weighted by molar-refractivity contribution is 7.80. The minimum Gasteiger partial charge on any atom is -0.467 e. The highest BCUT2D eigenvalue weighted by atomic mass is 32.1. The second kappa shape index (κ2) is 16.3. The summed E-state index contributed by atoms with van der Waals surface area (Å²) in [6.07, 6.45) is 0. The summed E-state index contributed by atoms with van der Waals surface area (Å²) in [5, 5.41) is 0. The fourth-order valence-corrected chi connectivity index (χ4v) is 2.52. The van der Waals surface area contributed by atoms with Crippen molar-refractivity contribution in [2.45, 2.75) is 19.3 Å². The molecule has 0 bridgehead atoms. The van der Waals surface area contributed by atoms with Gasteiger partial charge in [-0.15, -0.1) is 12.6 Å². The quantitative estimate of drug-likeness (QED) is 0.0829. The molecule has 0 unspecified atom stereocenters. The van der Waals surface area contributed by atoms with E-state index in [1.807, 2.05) is 9.80 Å². The van der Waals surface area contributed by atoms with E-state index in [1.54, 1.807) is 0 Å². The summed E-state index contributed by atoms with van der Waals surface area (Å²) < 4.78 is 19.4. The number of carbonyl (C=O) groups excluding carboxylic acids is 4. The molecular weight excluding hydrogens is 380 g/mol. The number of rotatable bonds is 17. The average Bonchev–Trinajstić information content (AvgIpc) is 2.58. The lowest BCUT2D eigenvalue weighted by Crippen LogP contribution is -2.42. The fraction of sp³-hybridized carbons (Fsp3) is 0.750. The van der Waals surface area contributed by atoms with Gasteiger partial charge in [-0.2, -0.15) is 0 Å². The Labute approximate surface area is 164 Å². The van der Waals surface area contributed by atoms with Gasteiger partial charge in [0.1, 0.15) is 19.8 Å². The van der Waals surface area contributed by atoms with Gasteiger partial charge in [-0.1, -0.05) is 0 Å². The molecule has 0 saturated carbocycles. The van der Waals surface area contributed by atoms with Crippen molar-refractivity contribution in [3.8, 4) is 0 Å². The van der Waals surface area contributed by atoms with Gasteiger partial charge in [-0.3, -0.25) is 29.0 Å². The number of thiol groups is 1. The van der Waals surface area contributed by atoms with Gasteiger partial charge in [0.05, 0.1) is 0 Å². The predicted molar refractivity (Wildman–Crippen MR) is 98.1 cm³/mol. The Morgan fingerprint density at radius 3 is 1.89 bits per heavy atom. The zero-order valence-corrected chi connectivity index (χ0v) is 16.6. The van der Waals surface area contributed by atoms with Crippen LogP contribution in [0, 0.1) is 0 Å². The molecule has 0 aromatic rings. The minimum atomic E-state index is -0.619. The van der Waals surface area contributed by atoms with E-state index in [0.29, 0.717) is 52.2 Å². The Morgan fingerprint density at radius 1 is 0.852 bits per heavy atom. The van der Waals surface area contributed by atoms with Crippen LogP contribution >= 0.6 is 12.6 Å². The lowest BCUT2D eigenvalue weighted by Gasteiger charge is -2.28. The first-order chi connectivity index (χ1) is 12.9. The molecule has 0 heterocycles. The van der Waals surface area contributed by atoms with Crippen molar-refractivity contribution < 1.29 is 38.1 Å². The van der Waals surface area contributed by atoms with Crippen molar-refractivity contribution in [2.75, 3.05) is 59.1 Å². The Hall–Kier alpha value is -1.85. The summed E-state index contributed by atoms with van der Waals surface area (Å²) in [6.45, 7) is 6.78. The Bertz CT molecular complexity index is 452. The first-order valence-electron chi connectivity index (χ1n) is 8.42. The van der Waals surface area contributed by atoms with E-state index in [-0.39, 0.29) is 25.8 Å². The summed E-state index contributed by atoms with van der Waals surface area (Å²) in [7, 11) is 0. The third kappa shape index (κ3) is 16.1. The monoisotopic (exact) mass is 408 g/mol. The van der Waals surface area contributed by atoms with Crippen LogP contribution in [0.25, 0.3) is 0 Å². The van der Waals surface area contributed by atoms with Crippen LogP contribution in [0.4, 0.5) is 0 Å². The van der Waals surface area contributed by atoms with Crippen molar-refractivity contribution in [2.24, 2.45) is 0 Å². The molecule has 11 heteroatoms. The van der Waals surface area contributed by atoms with Crippen LogP contribution in [0.3, 0.4) is 0 Å². The van der Waals surface area contributed by atoms with Crippen molar-refractivity contribution in [3.63, 3.8) is 0 Å². The maximum Gasteiger partial charge on any atom is 0.303 e. The van der Waals surface area contributed by atoms with E-state index in [2.05, 4.69) is 12.6 Å². The van der Waals surface area contributed by atoms with Crippen molar-refractivity contribution in [1.82, 2.24) is 9.80 Å². The molecule has 156 valence electrons. The second-order valence-electron chi connectivity index (χ2n) is 5.48. The van der Waals surface area contributed by atoms with Crippen LogP contribution in [0.15, 0.2) is 0 Å². The number of esters is 2. The summed E-state index contributed by atoms with van der Waals surface area (Å²) in [6, 6.07) is 0. The van der Waals surface area contributed by atoms with Crippen molar-refractivity contribution >= 4 is 37.5 Å². The van der Waals surface area contributed by atoms with Crippen LogP contribution < -0.4 is 0 Å². The largest absolute Gasteiger partial charge is 0.467 e. The van der Waals surface area contributed by atoms with Crippen LogP contribution in [0.2, 0.25) is 0 Å². The molecule has 0 amide bonds. The standard InChI is InChI=1S/C16H28N2O8S/c1-14(21)25-10-7-17(5-8-23-12-19)3-4-18(6-9-24-13-20)11-16(27)26-15(2)22/h12-13,16,27H,3-11H2,1-2H3/t16-/m0/s1. The SMILES string of the molecule is CC(=O)OCCN(CCOC=O)CCN(CCOC=O)C[C@H](S)OC(C)=O. The van der Waals surface area contributed by atoms with Crippen LogP contribution in [0.5, 0.6) is 0 Å². The van der Waals surface area contributed by atoms with E-state index < -0.39 is 11.4 Å². The minimum absolute atomic E-state index is 0.186. The zero-order valence-electron chi connectivity index (χ0n) is 15.7. The van der Waals surface area contributed by atoms with Crippen LogP contribution in [-0.4, -0.2) is 99.2 Å². The van der Waals surface area contributed by atoms with Gasteiger partial charge in [0.25, 0.3) is 12.9 Å². The van der Waals surface area contributed by atoms with Crippen molar-refractivity contribution in [1.29, 1.82) is 0 Å². The van der Waals surface area contributed by atoms with Gasteiger partial charge in [0.15, 0.2) is 5.44 Å². The lowest BCUT2D eigenvalue weighted by molar-refractivity contribution is -0.143. The molecule has 0 rings (SSSR count). The molecular formula is C16H28N2O8S. The van der Waals surface area contributed by atoms with E-state index in [0.717, 1.165) is 0 Å². The third-order valence-electron chi connectivity index (χ3n) is 3.35. The topological polar surface area (TPSA) is 112 Å². The van der Waals surface area contributed by atoms with E-state index in [1.165, 1.54) is 13.8 Å². The molecule has 0 aliphatic rings. The second-order valence-corrected chi connectivity index (χ2v) is 6.06. The number of hydrogen-bond donors (Lipinski definition) is 1. The third-order valence-corrected chi connectivity index (χ3v) is 3.62. The molecule has 0 fully saturated rings. The van der Waals surface area contributed by atoms with Gasteiger partial charge in [-0.25, -0.2) is 0 Å². The van der Waals surface area contributed by atoms with Gasteiger partial charge >= 0.3 is 11.9 Å². The Balaban J connectivity index is 4.60. The summed E-state index contributed by atoms with van der Waals surface area (Å²) in [4.78, 5) is 46.4. The number of nitrogens with zero attached hydrogens (tertiary/aromatic N) is 2. The zero-order chi connectivity index (χ0) is 20.5. The molecule has 0 spiro atoms. The molecule has 27 heavy (non-hydrogen) atoms. The normalized spacial score (nSPS) is 11.7. The molecule has 1 atom stereocenters. The molecule has 10 nitrogen and oxygen atoms in total. The molecule has 0 aliphatic carbocycles. The first kappa shape index (κ1) is 25.1. The van der Waals surface area contributed by atoms with Crippen LogP contribution in [-0.2, 0) is 38.1 Å². The smallest absolute Gasteiger partial charge is 0.303 e. The highest BCUT2D eigenvalue weighted by Crippen LogP contribution is 2.03. The average molecular weight is 408 g/mol. The number of carbonyl (C=O) groups is 4.